The Morgan fingerprint density at radius 3 is 2.89 bits per heavy atom. The Hall–Kier alpha value is -1.48. The minimum Gasteiger partial charge on any atom is -0.383 e. The Bertz CT molecular complexity index is 592. The molecule has 0 aromatic carbocycles. The molecule has 0 bridgehead atoms. The molecule has 0 fully saturated rings. The third-order valence-electron chi connectivity index (χ3n) is 2.66. The molecule has 9 heteroatoms. The fourth-order valence-corrected chi connectivity index (χ4v) is 3.19. The lowest BCUT2D eigenvalue weighted by molar-refractivity contribution is 0.381. The predicted molar refractivity (Wildman–Crippen MR) is 73.3 cm³/mol. The summed E-state index contributed by atoms with van der Waals surface area (Å²) >= 11 is 1.33. The van der Waals surface area contributed by atoms with Crippen LogP contribution >= 0.6 is 11.8 Å². The Kier molecular flexibility index (Phi) is 4.15. The van der Waals surface area contributed by atoms with E-state index in [2.05, 4.69) is 9.97 Å². The second-order valence-corrected chi connectivity index (χ2v) is 5.53. The van der Waals surface area contributed by atoms with Crippen LogP contribution in [0, 0.1) is 6.92 Å². The highest BCUT2D eigenvalue weighted by atomic mass is 32.2. The van der Waals surface area contributed by atoms with Gasteiger partial charge >= 0.3 is 0 Å². The molecule has 0 spiro atoms. The summed E-state index contributed by atoms with van der Waals surface area (Å²) in [5.74, 6) is 1.67. The van der Waals surface area contributed by atoms with Gasteiger partial charge in [0.2, 0.25) is 0 Å². The zero-order chi connectivity index (χ0) is 14.0. The first kappa shape index (κ1) is 13.9. The minimum atomic E-state index is -2.88. The van der Waals surface area contributed by atoms with E-state index in [-0.39, 0.29) is 0 Å². The van der Waals surface area contributed by atoms with E-state index in [1.54, 1.807) is 20.0 Å². The van der Waals surface area contributed by atoms with Crippen molar-refractivity contribution in [1.29, 1.82) is 0 Å². The van der Waals surface area contributed by atoms with Gasteiger partial charge in [0.15, 0.2) is 5.09 Å². The van der Waals surface area contributed by atoms with Crippen molar-refractivity contribution in [2.75, 3.05) is 11.6 Å². The first-order chi connectivity index (χ1) is 8.97. The summed E-state index contributed by atoms with van der Waals surface area (Å²) in [7, 11) is -2.88. The van der Waals surface area contributed by atoms with Crippen molar-refractivity contribution in [3.05, 3.63) is 28.4 Å². The molecule has 1 aliphatic rings. The highest BCUT2D eigenvalue weighted by Crippen LogP contribution is 2.33. The van der Waals surface area contributed by atoms with Gasteiger partial charge in [0.25, 0.3) is 11.0 Å². The number of aryl methyl sites for hydroxylation is 1. The molecule has 104 valence electrons. The number of anilines is 1. The summed E-state index contributed by atoms with van der Waals surface area (Å²) in [6.07, 6.45) is 1.68. The summed E-state index contributed by atoms with van der Waals surface area (Å²) in [6.45, 7) is 4.10. The molecule has 0 atom stereocenters. The van der Waals surface area contributed by atoms with Gasteiger partial charge in [-0.05, 0) is 13.8 Å². The molecule has 0 saturated heterocycles. The number of hydrogen-bond acceptors (Lipinski definition) is 8. The maximum Gasteiger partial charge on any atom is 0.299 e. The molecule has 2 heterocycles. The maximum absolute atomic E-state index is 10.6. The lowest BCUT2D eigenvalue weighted by Crippen LogP contribution is -2.18. The van der Waals surface area contributed by atoms with Crippen molar-refractivity contribution in [2.24, 2.45) is 0 Å². The van der Waals surface area contributed by atoms with Gasteiger partial charge in [0.1, 0.15) is 11.6 Å². The quantitative estimate of drug-likeness (QED) is 0.780. The summed E-state index contributed by atoms with van der Waals surface area (Å²) in [5, 5.41) is 0.405. The first-order valence-corrected chi connectivity index (χ1v) is 7.54. The zero-order valence-corrected chi connectivity index (χ0v) is 12.2. The lowest BCUT2D eigenvalue weighted by Gasteiger charge is -2.19. The molecule has 0 amide bonds. The van der Waals surface area contributed by atoms with Crippen LogP contribution in [-0.4, -0.2) is 29.2 Å². The van der Waals surface area contributed by atoms with Crippen LogP contribution in [0.25, 0.3) is 0 Å². The largest absolute Gasteiger partial charge is 0.383 e. The van der Waals surface area contributed by atoms with Gasteiger partial charge in [-0.2, -0.15) is 8.42 Å². The van der Waals surface area contributed by atoms with E-state index in [0.717, 1.165) is 11.3 Å². The van der Waals surface area contributed by atoms with Crippen LogP contribution in [-0.2, 0) is 21.7 Å². The van der Waals surface area contributed by atoms with Crippen LogP contribution in [0.3, 0.4) is 0 Å². The zero-order valence-electron chi connectivity index (χ0n) is 10.5. The molecule has 0 saturated carbocycles. The summed E-state index contributed by atoms with van der Waals surface area (Å²) in [4.78, 5) is 10.2. The number of thioether (sulfide) groups is 1. The SMILES string of the molecule is CC1=C(O[SH](=O)=O)SCN1Cc1cnc(C)nc1N. The van der Waals surface area contributed by atoms with Crippen molar-refractivity contribution < 1.29 is 12.6 Å². The molecule has 7 nitrogen and oxygen atoms in total. The average Bonchev–Trinajstić information content (AvgIpc) is 2.64. The number of aromatic nitrogens is 2. The van der Waals surface area contributed by atoms with Gasteiger partial charge in [-0.25, -0.2) is 9.97 Å². The van der Waals surface area contributed by atoms with E-state index in [0.29, 0.717) is 29.2 Å². The minimum absolute atomic E-state index is 0.405. The molecule has 0 radical (unpaired) electrons. The number of hydrogen-bond donors (Lipinski definition) is 2. The van der Waals surface area contributed by atoms with E-state index in [4.69, 9.17) is 9.92 Å². The van der Waals surface area contributed by atoms with Gasteiger partial charge < -0.3 is 14.8 Å². The third kappa shape index (κ3) is 3.29. The number of nitrogens with two attached hydrogens (primary N) is 1. The molecule has 0 aliphatic carbocycles. The lowest BCUT2D eigenvalue weighted by atomic mass is 10.3. The average molecular weight is 302 g/mol. The molecular weight excluding hydrogens is 288 g/mol. The third-order valence-corrected chi connectivity index (χ3v) is 4.20. The number of nitrogens with zero attached hydrogens (tertiary/aromatic N) is 3. The van der Waals surface area contributed by atoms with Gasteiger partial charge in [-0.15, -0.1) is 0 Å². The van der Waals surface area contributed by atoms with E-state index >= 15 is 0 Å². The number of thiol groups is 1. The number of rotatable bonds is 4. The maximum atomic E-state index is 10.6. The summed E-state index contributed by atoms with van der Waals surface area (Å²) in [6, 6.07) is 0. The van der Waals surface area contributed by atoms with Gasteiger partial charge in [-0.1, -0.05) is 11.8 Å². The summed E-state index contributed by atoms with van der Waals surface area (Å²) < 4.78 is 25.9. The van der Waals surface area contributed by atoms with Crippen LogP contribution in [0.5, 0.6) is 0 Å². The normalized spacial score (nSPS) is 15.4. The van der Waals surface area contributed by atoms with Crippen LogP contribution in [0.1, 0.15) is 18.3 Å². The van der Waals surface area contributed by atoms with Gasteiger partial charge in [0, 0.05) is 18.3 Å². The standard InChI is InChI=1S/C10H14N4O3S2/c1-6-10(17-19(15)16)18-5-14(6)4-8-3-12-7(2)13-9(8)11/h3,19H,4-5H2,1-2H3,(H2,11,12,13). The monoisotopic (exact) mass is 302 g/mol. The fraction of sp³-hybridized carbons (Fsp3) is 0.400. The highest BCUT2D eigenvalue weighted by molar-refractivity contribution is 8.03. The fourth-order valence-electron chi connectivity index (χ4n) is 1.63. The molecule has 2 rings (SSSR count). The molecular formula is C10H14N4O3S2. The van der Waals surface area contributed by atoms with Crippen LogP contribution < -0.4 is 5.73 Å². The van der Waals surface area contributed by atoms with Crippen molar-refractivity contribution in [3.8, 4) is 0 Å². The van der Waals surface area contributed by atoms with Gasteiger partial charge in [0.05, 0.1) is 11.6 Å². The second-order valence-electron chi connectivity index (χ2n) is 3.99. The first-order valence-electron chi connectivity index (χ1n) is 5.46. The van der Waals surface area contributed by atoms with Crippen molar-refractivity contribution >= 4 is 28.6 Å². The Morgan fingerprint density at radius 2 is 2.26 bits per heavy atom. The van der Waals surface area contributed by atoms with E-state index in [1.807, 2.05) is 4.90 Å². The van der Waals surface area contributed by atoms with E-state index < -0.39 is 11.0 Å². The molecule has 0 unspecified atom stereocenters. The van der Waals surface area contributed by atoms with Gasteiger partial charge in [-0.3, -0.25) is 0 Å². The topological polar surface area (TPSA) is 98.4 Å². The Morgan fingerprint density at radius 1 is 1.53 bits per heavy atom. The van der Waals surface area contributed by atoms with Crippen LogP contribution in [0.15, 0.2) is 17.0 Å². The van der Waals surface area contributed by atoms with E-state index in [9.17, 15) is 8.42 Å². The van der Waals surface area contributed by atoms with Crippen LogP contribution in [0.4, 0.5) is 5.82 Å². The van der Waals surface area contributed by atoms with Crippen molar-refractivity contribution in [3.63, 3.8) is 0 Å². The molecule has 1 aromatic rings. The number of allylic oxidation sites excluding steroid dienone is 1. The highest BCUT2D eigenvalue weighted by Gasteiger charge is 2.23. The molecule has 19 heavy (non-hydrogen) atoms. The van der Waals surface area contributed by atoms with Crippen molar-refractivity contribution in [2.45, 2.75) is 20.4 Å². The molecule has 2 N–H and O–H groups in total. The molecule has 1 aliphatic heterocycles. The number of nitrogen functional groups attached to an aromatic ring is 1. The predicted octanol–water partition coefficient (Wildman–Crippen LogP) is 0.606. The Balaban J connectivity index is 2.14. The Labute approximate surface area is 117 Å². The second kappa shape index (κ2) is 5.66. The summed E-state index contributed by atoms with van der Waals surface area (Å²) in [5.41, 5.74) is 7.40. The smallest absolute Gasteiger partial charge is 0.299 e. The molecule has 1 aromatic heterocycles. The van der Waals surface area contributed by atoms with Crippen molar-refractivity contribution in [1.82, 2.24) is 14.9 Å². The van der Waals surface area contributed by atoms with Crippen LogP contribution in [0.2, 0.25) is 0 Å². The van der Waals surface area contributed by atoms with E-state index in [1.165, 1.54) is 11.8 Å².